The van der Waals surface area contributed by atoms with Crippen LogP contribution >= 0.6 is 0 Å². The van der Waals surface area contributed by atoms with E-state index in [0.717, 1.165) is 0 Å². The lowest BCUT2D eigenvalue weighted by Gasteiger charge is -2.12. The molecule has 0 heterocycles. The molecule has 12 heavy (non-hydrogen) atoms. The van der Waals surface area contributed by atoms with Gasteiger partial charge >= 0.3 is 0 Å². The Kier molecular flexibility index (Phi) is 6.70. The van der Waals surface area contributed by atoms with Crippen LogP contribution in [0.1, 0.15) is 13.3 Å². The summed E-state index contributed by atoms with van der Waals surface area (Å²) in [6.07, 6.45) is 0.698. The fourth-order valence-electron chi connectivity index (χ4n) is 0.930. The largest absolute Gasteiger partial charge is 0.382 e. The summed E-state index contributed by atoms with van der Waals surface area (Å²) in [4.78, 5) is 11.1. The molecular formula is C8H18N2O2. The molecule has 0 aromatic carbocycles. The zero-order chi connectivity index (χ0) is 9.40. The lowest BCUT2D eigenvalue weighted by molar-refractivity contribution is -0.124. The number of hydrogen-bond acceptors (Lipinski definition) is 3. The van der Waals surface area contributed by atoms with Crippen molar-refractivity contribution in [2.24, 2.45) is 11.7 Å². The first kappa shape index (κ1) is 11.4. The van der Waals surface area contributed by atoms with E-state index in [0.29, 0.717) is 26.2 Å². The molecule has 3 N–H and O–H groups in total. The Morgan fingerprint density at radius 2 is 2.33 bits per heavy atom. The van der Waals surface area contributed by atoms with E-state index in [2.05, 4.69) is 5.32 Å². The molecule has 0 rings (SSSR count). The minimum absolute atomic E-state index is 0.00259. The predicted molar refractivity (Wildman–Crippen MR) is 47.7 cm³/mol. The highest BCUT2D eigenvalue weighted by Crippen LogP contribution is 2.00. The molecule has 0 radical (unpaired) electrons. The fourth-order valence-corrected chi connectivity index (χ4v) is 0.930. The summed E-state index contributed by atoms with van der Waals surface area (Å²) in [6, 6.07) is 0. The Balaban J connectivity index is 3.60. The molecule has 0 spiro atoms. The highest BCUT2D eigenvalue weighted by molar-refractivity contribution is 5.78. The highest BCUT2D eigenvalue weighted by Gasteiger charge is 2.14. The molecular weight excluding hydrogens is 156 g/mol. The van der Waals surface area contributed by atoms with Crippen molar-refractivity contribution in [3.8, 4) is 0 Å². The van der Waals surface area contributed by atoms with E-state index in [1.807, 2.05) is 6.92 Å². The molecule has 0 saturated heterocycles. The van der Waals surface area contributed by atoms with Gasteiger partial charge < -0.3 is 15.8 Å². The third kappa shape index (κ3) is 4.31. The van der Waals surface area contributed by atoms with Gasteiger partial charge in [0.2, 0.25) is 5.91 Å². The zero-order valence-corrected chi connectivity index (χ0v) is 7.80. The van der Waals surface area contributed by atoms with Gasteiger partial charge in [-0.2, -0.15) is 0 Å². The van der Waals surface area contributed by atoms with Gasteiger partial charge in [-0.05, 0) is 13.3 Å². The van der Waals surface area contributed by atoms with E-state index in [1.165, 1.54) is 0 Å². The van der Waals surface area contributed by atoms with Gasteiger partial charge in [-0.1, -0.05) is 0 Å². The van der Waals surface area contributed by atoms with Gasteiger partial charge in [0.15, 0.2) is 0 Å². The maximum Gasteiger partial charge on any atom is 0.224 e. The molecule has 0 fully saturated rings. The Labute approximate surface area is 73.5 Å². The molecule has 1 unspecified atom stereocenters. The van der Waals surface area contributed by atoms with Gasteiger partial charge in [-0.3, -0.25) is 4.79 Å². The topological polar surface area (TPSA) is 64.3 Å². The number of nitrogens with two attached hydrogens (primary N) is 1. The molecule has 0 aliphatic rings. The normalized spacial score (nSPS) is 12.6. The first-order valence-corrected chi connectivity index (χ1v) is 4.25. The predicted octanol–water partition coefficient (Wildman–Crippen LogP) is -0.266. The summed E-state index contributed by atoms with van der Waals surface area (Å²) in [5.74, 6) is -0.112. The summed E-state index contributed by atoms with van der Waals surface area (Å²) < 4.78 is 5.12. The maximum atomic E-state index is 11.1. The molecule has 0 bridgehead atoms. The van der Waals surface area contributed by atoms with Crippen LogP contribution in [0.2, 0.25) is 0 Å². The van der Waals surface area contributed by atoms with Gasteiger partial charge in [-0.15, -0.1) is 0 Å². The molecule has 4 nitrogen and oxygen atoms in total. The molecule has 4 heteroatoms. The Hall–Kier alpha value is -0.610. The second kappa shape index (κ2) is 7.06. The minimum atomic E-state index is -0.110. The van der Waals surface area contributed by atoms with Crippen LogP contribution < -0.4 is 11.1 Å². The van der Waals surface area contributed by atoms with Gasteiger partial charge in [0.05, 0.1) is 5.92 Å². The summed E-state index contributed by atoms with van der Waals surface area (Å²) in [6.45, 7) is 3.60. The number of hydrogen-bond donors (Lipinski definition) is 2. The van der Waals surface area contributed by atoms with Crippen LogP contribution in [0.5, 0.6) is 0 Å². The molecule has 1 amide bonds. The number of nitrogens with one attached hydrogen (secondary N) is 1. The Morgan fingerprint density at radius 1 is 1.67 bits per heavy atom. The van der Waals surface area contributed by atoms with E-state index in [1.54, 1.807) is 7.05 Å². The van der Waals surface area contributed by atoms with Crippen molar-refractivity contribution in [2.45, 2.75) is 13.3 Å². The van der Waals surface area contributed by atoms with E-state index in [4.69, 9.17) is 10.5 Å². The van der Waals surface area contributed by atoms with Gasteiger partial charge in [0.25, 0.3) is 0 Å². The maximum absolute atomic E-state index is 11.1. The third-order valence-corrected chi connectivity index (χ3v) is 1.72. The smallest absolute Gasteiger partial charge is 0.224 e. The second-order valence-electron chi connectivity index (χ2n) is 2.53. The van der Waals surface area contributed by atoms with Crippen molar-refractivity contribution in [2.75, 3.05) is 26.8 Å². The van der Waals surface area contributed by atoms with Crippen LogP contribution in [0, 0.1) is 5.92 Å². The Bertz CT molecular complexity index is 128. The van der Waals surface area contributed by atoms with E-state index < -0.39 is 0 Å². The molecule has 0 aromatic heterocycles. The number of carbonyl (C=O) groups is 1. The molecule has 0 aliphatic heterocycles. The lowest BCUT2D eigenvalue weighted by Crippen LogP contribution is -2.33. The average Bonchev–Trinajstić information content (AvgIpc) is 2.11. The first-order chi connectivity index (χ1) is 5.76. The van der Waals surface area contributed by atoms with Crippen LogP contribution in [0.4, 0.5) is 0 Å². The molecule has 72 valence electrons. The number of rotatable bonds is 6. The van der Waals surface area contributed by atoms with E-state index >= 15 is 0 Å². The van der Waals surface area contributed by atoms with Crippen molar-refractivity contribution >= 4 is 5.91 Å². The lowest BCUT2D eigenvalue weighted by atomic mass is 10.1. The molecule has 1 atom stereocenters. The quantitative estimate of drug-likeness (QED) is 0.545. The van der Waals surface area contributed by atoms with Crippen LogP contribution in [-0.2, 0) is 9.53 Å². The van der Waals surface area contributed by atoms with Crippen molar-refractivity contribution < 1.29 is 9.53 Å². The van der Waals surface area contributed by atoms with Gasteiger partial charge in [0.1, 0.15) is 0 Å². The number of amides is 1. The van der Waals surface area contributed by atoms with Crippen molar-refractivity contribution in [1.82, 2.24) is 5.32 Å². The summed E-state index contributed by atoms with van der Waals surface area (Å²) >= 11 is 0. The van der Waals surface area contributed by atoms with Crippen LogP contribution in [0.15, 0.2) is 0 Å². The van der Waals surface area contributed by atoms with E-state index in [9.17, 15) is 4.79 Å². The fraction of sp³-hybridized carbons (Fsp3) is 0.875. The zero-order valence-electron chi connectivity index (χ0n) is 7.80. The van der Waals surface area contributed by atoms with Gasteiger partial charge in [-0.25, -0.2) is 0 Å². The minimum Gasteiger partial charge on any atom is -0.382 e. The second-order valence-corrected chi connectivity index (χ2v) is 2.53. The average molecular weight is 174 g/mol. The number of ether oxygens (including phenoxy) is 1. The van der Waals surface area contributed by atoms with Crippen molar-refractivity contribution in [3.63, 3.8) is 0 Å². The molecule has 0 saturated carbocycles. The summed E-state index contributed by atoms with van der Waals surface area (Å²) in [5.41, 5.74) is 5.42. The van der Waals surface area contributed by atoms with Gasteiger partial charge in [0, 0.05) is 26.8 Å². The SMILES string of the molecule is CCOCCC(CN)C(=O)NC. The van der Waals surface area contributed by atoms with Crippen LogP contribution in [0.3, 0.4) is 0 Å². The molecule has 0 aromatic rings. The van der Waals surface area contributed by atoms with Crippen LogP contribution in [0.25, 0.3) is 0 Å². The van der Waals surface area contributed by atoms with Crippen LogP contribution in [-0.4, -0.2) is 32.7 Å². The summed E-state index contributed by atoms with van der Waals surface area (Å²) in [7, 11) is 1.62. The monoisotopic (exact) mass is 174 g/mol. The first-order valence-electron chi connectivity index (χ1n) is 4.25. The van der Waals surface area contributed by atoms with E-state index in [-0.39, 0.29) is 11.8 Å². The Morgan fingerprint density at radius 3 is 2.75 bits per heavy atom. The summed E-state index contributed by atoms with van der Waals surface area (Å²) in [5, 5.41) is 2.57. The molecule has 0 aliphatic carbocycles. The van der Waals surface area contributed by atoms with Crippen molar-refractivity contribution in [3.05, 3.63) is 0 Å². The highest BCUT2D eigenvalue weighted by atomic mass is 16.5. The standard InChI is InChI=1S/C8H18N2O2/c1-3-12-5-4-7(6-9)8(11)10-2/h7H,3-6,9H2,1-2H3,(H,10,11). The number of carbonyl (C=O) groups excluding carboxylic acids is 1. The third-order valence-electron chi connectivity index (χ3n) is 1.72. The van der Waals surface area contributed by atoms with Crippen molar-refractivity contribution in [1.29, 1.82) is 0 Å².